The number of ether oxygens (including phenoxy) is 1. The average Bonchev–Trinajstić information content (AvgIpc) is 2.77. The van der Waals surface area contributed by atoms with Gasteiger partial charge in [0, 0.05) is 52.5 Å². The number of hydrogen-bond acceptors (Lipinski definition) is 5. The van der Waals surface area contributed by atoms with Crippen LogP contribution in [0.3, 0.4) is 0 Å². The second-order valence-corrected chi connectivity index (χ2v) is 7.23. The summed E-state index contributed by atoms with van der Waals surface area (Å²) in [6.45, 7) is 5.68. The maximum absolute atomic E-state index is 5.42. The van der Waals surface area contributed by atoms with Crippen LogP contribution in [0.1, 0.15) is 11.1 Å². The third-order valence-corrected chi connectivity index (χ3v) is 5.20. The van der Waals surface area contributed by atoms with Crippen LogP contribution < -0.4 is 20.3 Å². The molecule has 1 aliphatic heterocycles. The first-order valence-corrected chi connectivity index (χ1v) is 10.1. The quantitative estimate of drug-likeness (QED) is 0.330. The van der Waals surface area contributed by atoms with Gasteiger partial charge in [0.1, 0.15) is 11.6 Å². The van der Waals surface area contributed by atoms with Gasteiger partial charge in [-0.05, 0) is 42.8 Å². The molecule has 0 unspecified atom stereocenters. The van der Waals surface area contributed by atoms with E-state index in [1.54, 1.807) is 14.2 Å². The van der Waals surface area contributed by atoms with Gasteiger partial charge in [-0.15, -0.1) is 24.0 Å². The number of halogens is 1. The van der Waals surface area contributed by atoms with Crippen LogP contribution in [0.5, 0.6) is 5.75 Å². The van der Waals surface area contributed by atoms with Crippen molar-refractivity contribution >= 4 is 35.8 Å². The highest BCUT2D eigenvalue weighted by molar-refractivity contribution is 14.0. The predicted molar refractivity (Wildman–Crippen MR) is 134 cm³/mol. The van der Waals surface area contributed by atoms with E-state index < -0.39 is 0 Å². The molecule has 0 atom stereocenters. The van der Waals surface area contributed by atoms with Crippen LogP contribution in [-0.4, -0.2) is 69.8 Å². The molecule has 0 saturated carbocycles. The Morgan fingerprint density at radius 1 is 1.13 bits per heavy atom. The zero-order valence-corrected chi connectivity index (χ0v) is 20.4. The number of anilines is 1. The lowest BCUT2D eigenvalue weighted by atomic mass is 10.1. The Hall–Kier alpha value is -2.07. The molecular weight excluding hydrogens is 491 g/mol. The number of nitrogens with one attached hydrogen (secondary N) is 2. The summed E-state index contributed by atoms with van der Waals surface area (Å²) in [6, 6.07) is 12.3. The molecule has 0 bridgehead atoms. The van der Waals surface area contributed by atoms with Gasteiger partial charge in [0.25, 0.3) is 0 Å². The summed E-state index contributed by atoms with van der Waals surface area (Å²) >= 11 is 0. The number of rotatable bonds is 7. The maximum atomic E-state index is 5.42. The molecule has 2 heterocycles. The van der Waals surface area contributed by atoms with E-state index in [1.165, 1.54) is 11.1 Å². The van der Waals surface area contributed by atoms with E-state index in [2.05, 4.69) is 55.7 Å². The molecule has 30 heavy (non-hydrogen) atoms. The van der Waals surface area contributed by atoms with Crippen molar-refractivity contribution in [2.45, 2.75) is 13.0 Å². The molecule has 1 saturated heterocycles. The fraction of sp³-hybridized carbons (Fsp3) is 0.455. The lowest BCUT2D eigenvalue weighted by Gasteiger charge is -2.33. The molecular formula is C22H33IN6O. The van der Waals surface area contributed by atoms with Crippen LogP contribution in [0.4, 0.5) is 5.82 Å². The number of para-hydroxylation sites is 1. The van der Waals surface area contributed by atoms with E-state index in [0.717, 1.165) is 56.7 Å². The van der Waals surface area contributed by atoms with Crippen molar-refractivity contribution in [3.63, 3.8) is 0 Å². The second-order valence-electron chi connectivity index (χ2n) is 7.23. The maximum Gasteiger partial charge on any atom is 0.191 e. The number of guanidine groups is 1. The number of pyridine rings is 1. The van der Waals surface area contributed by atoms with Crippen LogP contribution in [0, 0.1) is 0 Å². The molecule has 0 aliphatic carbocycles. The largest absolute Gasteiger partial charge is 0.496 e. The summed E-state index contributed by atoms with van der Waals surface area (Å²) in [7, 11) is 5.66. The van der Waals surface area contributed by atoms with Crippen LogP contribution in [-0.2, 0) is 13.0 Å². The minimum atomic E-state index is 0. The normalized spacial score (nSPS) is 14.8. The minimum Gasteiger partial charge on any atom is -0.496 e. The first-order chi connectivity index (χ1) is 14.2. The molecule has 0 spiro atoms. The summed E-state index contributed by atoms with van der Waals surface area (Å²) < 4.78 is 5.42. The van der Waals surface area contributed by atoms with E-state index in [4.69, 9.17) is 4.74 Å². The summed E-state index contributed by atoms with van der Waals surface area (Å²) in [5, 5.41) is 6.76. The van der Waals surface area contributed by atoms with Gasteiger partial charge in [0.05, 0.1) is 7.11 Å². The van der Waals surface area contributed by atoms with Gasteiger partial charge >= 0.3 is 0 Å². The molecule has 7 nitrogen and oxygen atoms in total. The van der Waals surface area contributed by atoms with Gasteiger partial charge in [-0.25, -0.2) is 4.98 Å². The lowest BCUT2D eigenvalue weighted by molar-refractivity contribution is 0.312. The highest BCUT2D eigenvalue weighted by Gasteiger charge is 2.15. The van der Waals surface area contributed by atoms with Crippen molar-refractivity contribution in [3.05, 3.63) is 53.7 Å². The summed E-state index contributed by atoms with van der Waals surface area (Å²) in [4.78, 5) is 13.6. The fourth-order valence-corrected chi connectivity index (χ4v) is 3.41. The molecule has 2 aromatic rings. The first-order valence-electron chi connectivity index (χ1n) is 10.1. The number of benzene rings is 1. The zero-order chi connectivity index (χ0) is 20.5. The Balaban J connectivity index is 0.00000320. The summed E-state index contributed by atoms with van der Waals surface area (Å²) in [5.74, 6) is 2.76. The molecule has 0 radical (unpaired) electrons. The Bertz CT molecular complexity index is 808. The number of likely N-dealkylation sites (N-methyl/N-ethyl adjacent to an activating group) is 1. The van der Waals surface area contributed by atoms with E-state index in [0.29, 0.717) is 6.54 Å². The number of piperazine rings is 1. The monoisotopic (exact) mass is 524 g/mol. The molecule has 1 aromatic carbocycles. The van der Waals surface area contributed by atoms with Gasteiger partial charge in [0.2, 0.25) is 0 Å². The number of aromatic nitrogens is 1. The standard InChI is InChI=1S/C22H32N6O.HI/c1-23-22(25-11-9-19-6-4-5-7-20(19)29-3)26-17-18-8-10-24-21(16-18)28-14-12-27(2)13-15-28;/h4-8,10,16H,9,11-15,17H2,1-3H3,(H2,23,25,26);1H. The number of aliphatic imine (C=N–C) groups is 1. The number of methoxy groups -OCH3 is 1. The van der Waals surface area contributed by atoms with E-state index in [1.807, 2.05) is 24.4 Å². The van der Waals surface area contributed by atoms with Crippen LogP contribution >= 0.6 is 24.0 Å². The molecule has 8 heteroatoms. The Morgan fingerprint density at radius 2 is 1.90 bits per heavy atom. The molecule has 3 rings (SSSR count). The number of hydrogen-bond donors (Lipinski definition) is 2. The summed E-state index contributed by atoms with van der Waals surface area (Å²) in [5.41, 5.74) is 2.38. The molecule has 164 valence electrons. The van der Waals surface area contributed by atoms with Gasteiger partial charge in [-0.3, -0.25) is 4.99 Å². The third-order valence-electron chi connectivity index (χ3n) is 5.20. The van der Waals surface area contributed by atoms with Crippen molar-refractivity contribution in [2.75, 3.05) is 58.8 Å². The van der Waals surface area contributed by atoms with Crippen LogP contribution in [0.2, 0.25) is 0 Å². The van der Waals surface area contributed by atoms with Crippen molar-refractivity contribution in [3.8, 4) is 5.75 Å². The topological polar surface area (TPSA) is 65.0 Å². The minimum absolute atomic E-state index is 0. The SMILES string of the molecule is CN=C(NCCc1ccccc1OC)NCc1ccnc(N2CCN(C)CC2)c1.I. The first kappa shape index (κ1) is 24.2. The molecule has 1 aliphatic rings. The van der Waals surface area contributed by atoms with E-state index in [9.17, 15) is 0 Å². The third kappa shape index (κ3) is 7.02. The summed E-state index contributed by atoms with van der Waals surface area (Å²) in [6.07, 6.45) is 2.76. The molecule has 0 amide bonds. The van der Waals surface area contributed by atoms with Gasteiger partial charge in [-0.2, -0.15) is 0 Å². The predicted octanol–water partition coefficient (Wildman–Crippen LogP) is 2.37. The molecule has 2 N–H and O–H groups in total. The molecule has 1 aromatic heterocycles. The van der Waals surface area contributed by atoms with E-state index >= 15 is 0 Å². The lowest BCUT2D eigenvalue weighted by Crippen LogP contribution is -2.44. The highest BCUT2D eigenvalue weighted by Crippen LogP contribution is 2.17. The Kier molecular flexibility index (Phi) is 10.2. The van der Waals surface area contributed by atoms with Gasteiger partial charge < -0.3 is 25.2 Å². The zero-order valence-electron chi connectivity index (χ0n) is 18.1. The van der Waals surface area contributed by atoms with E-state index in [-0.39, 0.29) is 24.0 Å². The fourth-order valence-electron chi connectivity index (χ4n) is 3.41. The van der Waals surface area contributed by atoms with Crippen molar-refractivity contribution in [1.29, 1.82) is 0 Å². The smallest absolute Gasteiger partial charge is 0.191 e. The molecule has 1 fully saturated rings. The van der Waals surface area contributed by atoms with Crippen molar-refractivity contribution < 1.29 is 4.74 Å². The Morgan fingerprint density at radius 3 is 2.63 bits per heavy atom. The average molecular weight is 524 g/mol. The second kappa shape index (κ2) is 12.6. The van der Waals surface area contributed by atoms with Crippen LogP contribution in [0.25, 0.3) is 0 Å². The Labute approximate surface area is 196 Å². The van der Waals surface area contributed by atoms with Gasteiger partial charge in [-0.1, -0.05) is 18.2 Å². The van der Waals surface area contributed by atoms with Crippen molar-refractivity contribution in [2.24, 2.45) is 4.99 Å². The highest BCUT2D eigenvalue weighted by atomic mass is 127. The van der Waals surface area contributed by atoms with Crippen molar-refractivity contribution in [1.82, 2.24) is 20.5 Å². The van der Waals surface area contributed by atoms with Crippen LogP contribution in [0.15, 0.2) is 47.6 Å². The van der Waals surface area contributed by atoms with Gasteiger partial charge in [0.15, 0.2) is 5.96 Å². The number of nitrogens with zero attached hydrogens (tertiary/aromatic N) is 4.